The Balaban J connectivity index is 1.59. The van der Waals surface area contributed by atoms with Crippen LogP contribution in [0.2, 0.25) is 0 Å². The van der Waals surface area contributed by atoms with Gasteiger partial charge in [-0.05, 0) is 61.4 Å². The molecule has 0 aromatic heterocycles. The molecule has 2 aromatic rings. The van der Waals surface area contributed by atoms with Crippen molar-refractivity contribution in [2.24, 2.45) is 0 Å². The largest absolute Gasteiger partial charge is 0.378 e. The number of hydrogen-bond acceptors (Lipinski definition) is 5. The van der Waals surface area contributed by atoms with E-state index in [4.69, 9.17) is 0 Å². The SMILES string of the molecule is O=C(CNc1ccc(SC(F)F)cc1)c1ccc(S(=O)(=O)N2CCCCC2)cc1. The monoisotopic (exact) mass is 440 g/mol. The van der Waals surface area contributed by atoms with Gasteiger partial charge in [-0.3, -0.25) is 4.79 Å². The van der Waals surface area contributed by atoms with Crippen LogP contribution in [0.1, 0.15) is 29.6 Å². The van der Waals surface area contributed by atoms with E-state index in [0.29, 0.717) is 41.0 Å². The van der Waals surface area contributed by atoms with Crippen LogP contribution >= 0.6 is 11.8 Å². The van der Waals surface area contributed by atoms with Gasteiger partial charge in [0.25, 0.3) is 5.76 Å². The lowest BCUT2D eigenvalue weighted by Crippen LogP contribution is -2.35. The summed E-state index contributed by atoms with van der Waals surface area (Å²) in [6.07, 6.45) is 2.77. The molecule has 1 aliphatic rings. The predicted octanol–water partition coefficient (Wildman–Crippen LogP) is 4.47. The van der Waals surface area contributed by atoms with Gasteiger partial charge in [0.05, 0.1) is 11.4 Å². The van der Waals surface area contributed by atoms with Crippen molar-refractivity contribution in [2.75, 3.05) is 25.0 Å². The lowest BCUT2D eigenvalue weighted by Gasteiger charge is -2.25. The van der Waals surface area contributed by atoms with E-state index >= 15 is 0 Å². The highest BCUT2D eigenvalue weighted by atomic mass is 32.2. The van der Waals surface area contributed by atoms with Crippen molar-refractivity contribution < 1.29 is 22.0 Å². The molecule has 29 heavy (non-hydrogen) atoms. The molecule has 1 heterocycles. The molecule has 0 bridgehead atoms. The molecule has 9 heteroatoms. The summed E-state index contributed by atoms with van der Waals surface area (Å²) in [5, 5.41) is 2.95. The second-order valence-corrected chi connectivity index (χ2v) is 9.67. The Labute approximate surface area is 173 Å². The van der Waals surface area contributed by atoms with Gasteiger partial charge in [-0.2, -0.15) is 13.1 Å². The summed E-state index contributed by atoms with van der Waals surface area (Å²) in [6, 6.07) is 12.3. The van der Waals surface area contributed by atoms with Crippen molar-refractivity contribution >= 4 is 33.3 Å². The van der Waals surface area contributed by atoms with Gasteiger partial charge < -0.3 is 5.32 Å². The molecule has 1 saturated heterocycles. The maximum Gasteiger partial charge on any atom is 0.288 e. The van der Waals surface area contributed by atoms with Crippen molar-refractivity contribution in [3.05, 3.63) is 54.1 Å². The van der Waals surface area contributed by atoms with Crippen molar-refractivity contribution in [2.45, 2.75) is 34.8 Å². The number of nitrogens with zero attached hydrogens (tertiary/aromatic N) is 1. The first kappa shape index (κ1) is 21.7. The molecular weight excluding hydrogens is 418 g/mol. The summed E-state index contributed by atoms with van der Waals surface area (Å²) in [4.78, 5) is 13.0. The molecule has 1 aliphatic heterocycles. The zero-order valence-corrected chi connectivity index (χ0v) is 17.3. The zero-order chi connectivity index (χ0) is 20.9. The van der Waals surface area contributed by atoms with Gasteiger partial charge >= 0.3 is 0 Å². The Morgan fingerprint density at radius 1 is 1.00 bits per heavy atom. The van der Waals surface area contributed by atoms with Crippen molar-refractivity contribution in [3.8, 4) is 0 Å². The topological polar surface area (TPSA) is 66.5 Å². The van der Waals surface area contributed by atoms with Crippen molar-refractivity contribution in [1.82, 2.24) is 4.31 Å². The zero-order valence-electron chi connectivity index (χ0n) is 15.7. The van der Waals surface area contributed by atoms with Crippen LogP contribution in [0.5, 0.6) is 0 Å². The minimum absolute atomic E-state index is 0.0135. The highest BCUT2D eigenvalue weighted by molar-refractivity contribution is 7.99. The Hall–Kier alpha value is -1.97. The molecule has 0 unspecified atom stereocenters. The van der Waals surface area contributed by atoms with Gasteiger partial charge in [0.15, 0.2) is 5.78 Å². The van der Waals surface area contributed by atoms with Crippen molar-refractivity contribution in [3.63, 3.8) is 0 Å². The number of thioether (sulfide) groups is 1. The normalized spacial score (nSPS) is 15.4. The lowest BCUT2D eigenvalue weighted by atomic mass is 10.1. The highest BCUT2D eigenvalue weighted by Gasteiger charge is 2.25. The summed E-state index contributed by atoms with van der Waals surface area (Å²) in [7, 11) is -3.52. The number of hydrogen-bond donors (Lipinski definition) is 1. The smallest absolute Gasteiger partial charge is 0.288 e. The van der Waals surface area contributed by atoms with Crippen LogP contribution in [0.25, 0.3) is 0 Å². The van der Waals surface area contributed by atoms with E-state index in [-0.39, 0.29) is 17.2 Å². The fourth-order valence-electron chi connectivity index (χ4n) is 3.11. The number of piperidine rings is 1. The molecule has 1 N–H and O–H groups in total. The summed E-state index contributed by atoms with van der Waals surface area (Å²) in [6.45, 7) is 1.07. The van der Waals surface area contributed by atoms with Crippen LogP contribution in [-0.4, -0.2) is 43.9 Å². The van der Waals surface area contributed by atoms with Crippen LogP contribution < -0.4 is 5.32 Å². The number of carbonyl (C=O) groups is 1. The Morgan fingerprint density at radius 2 is 1.62 bits per heavy atom. The Morgan fingerprint density at radius 3 is 2.21 bits per heavy atom. The van der Waals surface area contributed by atoms with E-state index in [0.717, 1.165) is 19.3 Å². The minimum atomic E-state index is -3.52. The number of Topliss-reactive ketones (excluding diaryl/α,β-unsaturated/α-hetero) is 1. The van der Waals surface area contributed by atoms with Gasteiger partial charge in [0.2, 0.25) is 10.0 Å². The van der Waals surface area contributed by atoms with Gasteiger partial charge in [0.1, 0.15) is 0 Å². The van der Waals surface area contributed by atoms with E-state index in [2.05, 4.69) is 5.32 Å². The molecule has 156 valence electrons. The van der Waals surface area contributed by atoms with E-state index in [1.807, 2.05) is 0 Å². The summed E-state index contributed by atoms with van der Waals surface area (Å²) in [5.41, 5.74) is 1.04. The second-order valence-electron chi connectivity index (χ2n) is 6.67. The third-order valence-corrected chi connectivity index (χ3v) is 7.30. The number of rotatable bonds is 8. The average Bonchev–Trinajstić information content (AvgIpc) is 2.73. The van der Waals surface area contributed by atoms with E-state index < -0.39 is 15.8 Å². The summed E-state index contributed by atoms with van der Waals surface area (Å²) in [5.74, 6) is -2.67. The number of nitrogens with one attached hydrogen (secondary N) is 1. The molecule has 3 rings (SSSR count). The minimum Gasteiger partial charge on any atom is -0.378 e. The summed E-state index contributed by atoms with van der Waals surface area (Å²) < 4.78 is 51.5. The maximum atomic E-state index is 12.7. The van der Waals surface area contributed by atoms with Crippen LogP contribution in [0.4, 0.5) is 14.5 Å². The first-order chi connectivity index (χ1) is 13.9. The Kier molecular flexibility index (Phi) is 7.26. The van der Waals surface area contributed by atoms with Gasteiger partial charge in [0, 0.05) is 29.2 Å². The van der Waals surface area contributed by atoms with Crippen molar-refractivity contribution in [1.29, 1.82) is 0 Å². The van der Waals surface area contributed by atoms with Gasteiger partial charge in [-0.1, -0.05) is 18.2 Å². The molecule has 0 radical (unpaired) electrons. The standard InChI is InChI=1S/C20H22F2N2O3S2/c21-20(22)28-17-8-6-16(7-9-17)23-14-19(25)15-4-10-18(11-5-15)29(26,27)24-12-2-1-3-13-24/h4-11,20,23H,1-3,12-14H2. The molecule has 5 nitrogen and oxygen atoms in total. The van der Waals surface area contributed by atoms with Crippen LogP contribution in [0.3, 0.4) is 0 Å². The summed E-state index contributed by atoms with van der Waals surface area (Å²) >= 11 is 0.461. The molecule has 1 fully saturated rings. The second kappa shape index (κ2) is 9.69. The number of ketones is 1. The molecule has 2 aromatic carbocycles. The van der Waals surface area contributed by atoms with Crippen LogP contribution in [0.15, 0.2) is 58.3 Å². The molecule has 0 atom stereocenters. The number of carbonyl (C=O) groups excluding carboxylic acids is 1. The third kappa shape index (κ3) is 5.77. The first-order valence-corrected chi connectivity index (χ1v) is 11.6. The molecule has 0 amide bonds. The first-order valence-electron chi connectivity index (χ1n) is 9.28. The van der Waals surface area contributed by atoms with E-state index in [1.54, 1.807) is 24.3 Å². The van der Waals surface area contributed by atoms with E-state index in [1.165, 1.54) is 28.6 Å². The fraction of sp³-hybridized carbons (Fsp3) is 0.350. The molecular formula is C20H22F2N2O3S2. The fourth-order valence-corrected chi connectivity index (χ4v) is 5.12. The molecule has 0 aliphatic carbocycles. The highest BCUT2D eigenvalue weighted by Crippen LogP contribution is 2.26. The van der Waals surface area contributed by atoms with Crippen LogP contribution in [0, 0.1) is 0 Å². The molecule has 0 saturated carbocycles. The number of alkyl halides is 2. The Bertz CT molecular complexity index is 927. The maximum absolute atomic E-state index is 12.7. The number of benzene rings is 2. The quantitative estimate of drug-likeness (QED) is 0.485. The average molecular weight is 441 g/mol. The lowest BCUT2D eigenvalue weighted by molar-refractivity contribution is 0.101. The number of sulfonamides is 1. The molecule has 0 spiro atoms. The van der Waals surface area contributed by atoms with Crippen LogP contribution in [-0.2, 0) is 10.0 Å². The van der Waals surface area contributed by atoms with Gasteiger partial charge in [-0.25, -0.2) is 8.42 Å². The third-order valence-electron chi connectivity index (χ3n) is 4.66. The number of anilines is 1. The number of halogens is 2. The predicted molar refractivity (Wildman–Crippen MR) is 110 cm³/mol. The van der Waals surface area contributed by atoms with Gasteiger partial charge in [-0.15, -0.1) is 0 Å². The van der Waals surface area contributed by atoms with E-state index in [9.17, 15) is 22.0 Å².